The Morgan fingerprint density at radius 1 is 1.62 bits per heavy atom. The quantitative estimate of drug-likeness (QED) is 0.446. The maximum absolute atomic E-state index is 11.4. The van der Waals surface area contributed by atoms with Crippen molar-refractivity contribution in [2.24, 2.45) is 5.84 Å². The number of furan rings is 1. The van der Waals surface area contributed by atoms with E-state index in [9.17, 15) is 4.79 Å². The summed E-state index contributed by atoms with van der Waals surface area (Å²) in [5.74, 6) is 5.24. The molecule has 0 fully saturated rings. The lowest BCUT2D eigenvalue weighted by atomic mass is 10.2. The second kappa shape index (κ2) is 4.19. The van der Waals surface area contributed by atoms with E-state index in [0.29, 0.717) is 17.9 Å². The van der Waals surface area contributed by atoms with Crippen molar-refractivity contribution in [3.05, 3.63) is 41.6 Å². The molecule has 0 aromatic carbocycles. The lowest BCUT2D eigenvalue weighted by molar-refractivity contribution is 0.0951. The van der Waals surface area contributed by atoms with Gasteiger partial charge in [-0.2, -0.15) is 5.10 Å². The summed E-state index contributed by atoms with van der Waals surface area (Å²) >= 11 is 0. The average Bonchev–Trinajstić information content (AvgIpc) is 2.88. The van der Waals surface area contributed by atoms with Crippen LogP contribution >= 0.6 is 0 Å². The zero-order valence-corrected chi connectivity index (χ0v) is 8.80. The number of carbonyl (C=O) groups is 1. The van der Waals surface area contributed by atoms with Gasteiger partial charge in [-0.05, 0) is 19.1 Å². The summed E-state index contributed by atoms with van der Waals surface area (Å²) < 4.78 is 6.98. The van der Waals surface area contributed by atoms with E-state index in [4.69, 9.17) is 10.3 Å². The second-order valence-electron chi connectivity index (χ2n) is 3.36. The Hall–Kier alpha value is -2.08. The number of carbonyl (C=O) groups excluding carboxylic acids is 1. The van der Waals surface area contributed by atoms with Gasteiger partial charge in [-0.15, -0.1) is 0 Å². The van der Waals surface area contributed by atoms with E-state index in [1.54, 1.807) is 16.9 Å². The van der Waals surface area contributed by atoms with Crippen LogP contribution in [0.4, 0.5) is 0 Å². The van der Waals surface area contributed by atoms with E-state index in [1.165, 1.54) is 6.26 Å². The van der Waals surface area contributed by atoms with Crippen LogP contribution in [-0.2, 0) is 6.54 Å². The number of amides is 1. The molecule has 0 saturated carbocycles. The lowest BCUT2D eigenvalue weighted by Gasteiger charge is -2.03. The molecule has 2 aromatic rings. The summed E-state index contributed by atoms with van der Waals surface area (Å²) in [5, 5.41) is 4.11. The molecular formula is C10H12N4O2. The third-order valence-electron chi connectivity index (χ3n) is 2.34. The van der Waals surface area contributed by atoms with Crippen LogP contribution < -0.4 is 11.3 Å². The van der Waals surface area contributed by atoms with Crippen LogP contribution in [0.1, 0.15) is 21.8 Å². The first-order valence-corrected chi connectivity index (χ1v) is 4.78. The first-order chi connectivity index (χ1) is 7.72. The molecule has 0 unspecified atom stereocenters. The molecular weight excluding hydrogens is 208 g/mol. The summed E-state index contributed by atoms with van der Waals surface area (Å²) in [4.78, 5) is 11.4. The minimum atomic E-state index is -0.367. The third kappa shape index (κ3) is 1.82. The van der Waals surface area contributed by atoms with E-state index in [0.717, 1.165) is 5.69 Å². The van der Waals surface area contributed by atoms with Crippen LogP contribution in [0, 0.1) is 6.92 Å². The van der Waals surface area contributed by atoms with Gasteiger partial charge in [0, 0.05) is 11.9 Å². The van der Waals surface area contributed by atoms with Crippen LogP contribution in [0.2, 0.25) is 0 Å². The summed E-state index contributed by atoms with van der Waals surface area (Å²) in [6, 6.07) is 3.46. The van der Waals surface area contributed by atoms with Crippen molar-refractivity contribution in [1.29, 1.82) is 0 Å². The minimum absolute atomic E-state index is 0.367. The van der Waals surface area contributed by atoms with Gasteiger partial charge >= 0.3 is 0 Å². The topological polar surface area (TPSA) is 86.1 Å². The van der Waals surface area contributed by atoms with Gasteiger partial charge in [-0.25, -0.2) is 5.84 Å². The van der Waals surface area contributed by atoms with Gasteiger partial charge in [-0.3, -0.25) is 14.9 Å². The van der Waals surface area contributed by atoms with Gasteiger partial charge in [0.25, 0.3) is 5.91 Å². The molecule has 2 heterocycles. The van der Waals surface area contributed by atoms with Crippen LogP contribution in [0.25, 0.3) is 0 Å². The molecule has 0 saturated heterocycles. The molecule has 3 N–H and O–H groups in total. The molecule has 0 atom stereocenters. The monoisotopic (exact) mass is 220 g/mol. The van der Waals surface area contributed by atoms with Crippen LogP contribution in [0.5, 0.6) is 0 Å². The van der Waals surface area contributed by atoms with Crippen LogP contribution in [-0.4, -0.2) is 15.7 Å². The van der Waals surface area contributed by atoms with Gasteiger partial charge in [0.2, 0.25) is 0 Å². The number of nitrogens with zero attached hydrogens (tertiary/aromatic N) is 2. The first kappa shape index (κ1) is 10.4. The SMILES string of the molecule is Cc1ccnn1Cc1occc1C(=O)NN. The van der Waals surface area contributed by atoms with E-state index < -0.39 is 0 Å². The molecule has 2 aromatic heterocycles. The van der Waals surface area contributed by atoms with Crippen LogP contribution in [0.15, 0.2) is 29.0 Å². The van der Waals surface area contributed by atoms with Gasteiger partial charge in [0.1, 0.15) is 5.76 Å². The fourth-order valence-electron chi connectivity index (χ4n) is 1.44. The number of aromatic nitrogens is 2. The fraction of sp³-hybridized carbons (Fsp3) is 0.200. The predicted octanol–water partition coefficient (Wildman–Crippen LogP) is 0.436. The largest absolute Gasteiger partial charge is 0.467 e. The van der Waals surface area contributed by atoms with Crippen molar-refractivity contribution < 1.29 is 9.21 Å². The van der Waals surface area contributed by atoms with Gasteiger partial charge < -0.3 is 4.42 Å². The Morgan fingerprint density at radius 2 is 2.44 bits per heavy atom. The van der Waals surface area contributed by atoms with Crippen molar-refractivity contribution in [3.63, 3.8) is 0 Å². The van der Waals surface area contributed by atoms with E-state index >= 15 is 0 Å². The third-order valence-corrected chi connectivity index (χ3v) is 2.34. The molecule has 6 nitrogen and oxygen atoms in total. The maximum Gasteiger partial charge on any atom is 0.268 e. The van der Waals surface area contributed by atoms with Crippen molar-refractivity contribution in [2.75, 3.05) is 0 Å². The number of hydrogen-bond acceptors (Lipinski definition) is 4. The Balaban J connectivity index is 2.26. The number of hydrogen-bond donors (Lipinski definition) is 2. The molecule has 0 bridgehead atoms. The molecule has 0 aliphatic rings. The molecule has 2 rings (SSSR count). The molecule has 0 aliphatic heterocycles. The van der Waals surface area contributed by atoms with Gasteiger partial charge in [0.05, 0.1) is 18.4 Å². The van der Waals surface area contributed by atoms with E-state index in [2.05, 4.69) is 10.5 Å². The lowest BCUT2D eigenvalue weighted by Crippen LogP contribution is -2.30. The minimum Gasteiger partial charge on any atom is -0.467 e. The zero-order valence-electron chi connectivity index (χ0n) is 8.80. The Kier molecular flexibility index (Phi) is 2.74. The van der Waals surface area contributed by atoms with Crippen molar-refractivity contribution in [1.82, 2.24) is 15.2 Å². The van der Waals surface area contributed by atoms with Crippen molar-refractivity contribution in [3.8, 4) is 0 Å². The molecule has 84 valence electrons. The summed E-state index contributed by atoms with van der Waals surface area (Å²) in [6.07, 6.45) is 3.15. The zero-order chi connectivity index (χ0) is 11.5. The van der Waals surface area contributed by atoms with Gasteiger partial charge in [0.15, 0.2) is 0 Å². The normalized spacial score (nSPS) is 10.4. The van der Waals surface area contributed by atoms with Crippen molar-refractivity contribution in [2.45, 2.75) is 13.5 Å². The standard InChI is InChI=1S/C10H12N4O2/c1-7-2-4-12-14(7)6-9-8(3-5-16-9)10(15)13-11/h2-5H,6,11H2,1H3,(H,13,15). The average molecular weight is 220 g/mol. The number of nitrogens with one attached hydrogen (secondary N) is 1. The highest BCUT2D eigenvalue weighted by molar-refractivity contribution is 5.94. The summed E-state index contributed by atoms with van der Waals surface area (Å²) in [7, 11) is 0. The highest BCUT2D eigenvalue weighted by Gasteiger charge is 2.14. The number of rotatable bonds is 3. The first-order valence-electron chi connectivity index (χ1n) is 4.78. The molecule has 16 heavy (non-hydrogen) atoms. The molecule has 0 spiro atoms. The number of aryl methyl sites for hydroxylation is 1. The fourth-order valence-corrected chi connectivity index (χ4v) is 1.44. The van der Waals surface area contributed by atoms with Gasteiger partial charge in [-0.1, -0.05) is 0 Å². The Morgan fingerprint density at radius 3 is 3.06 bits per heavy atom. The molecule has 0 radical (unpaired) electrons. The molecule has 6 heteroatoms. The van der Waals surface area contributed by atoms with E-state index in [1.807, 2.05) is 13.0 Å². The van der Waals surface area contributed by atoms with Crippen LogP contribution in [0.3, 0.4) is 0 Å². The Bertz CT molecular complexity index is 500. The maximum atomic E-state index is 11.4. The molecule has 1 amide bonds. The van der Waals surface area contributed by atoms with E-state index in [-0.39, 0.29) is 5.91 Å². The highest BCUT2D eigenvalue weighted by Crippen LogP contribution is 2.12. The molecule has 0 aliphatic carbocycles. The number of nitrogens with two attached hydrogens (primary N) is 1. The predicted molar refractivity (Wildman–Crippen MR) is 56.4 cm³/mol. The highest BCUT2D eigenvalue weighted by atomic mass is 16.3. The summed E-state index contributed by atoms with van der Waals surface area (Å²) in [6.45, 7) is 2.34. The summed E-state index contributed by atoms with van der Waals surface area (Å²) in [5.41, 5.74) is 3.50. The second-order valence-corrected chi connectivity index (χ2v) is 3.36. The Labute approximate surface area is 92.0 Å². The number of hydrazine groups is 1. The smallest absolute Gasteiger partial charge is 0.268 e. The van der Waals surface area contributed by atoms with Crippen molar-refractivity contribution >= 4 is 5.91 Å². The number of nitrogen functional groups attached to an aromatic ring is 1.